The molecular formula is C9H21NO2. The van der Waals surface area contributed by atoms with Crippen molar-refractivity contribution >= 4 is 0 Å². The van der Waals surface area contributed by atoms with Gasteiger partial charge in [0.25, 0.3) is 0 Å². The maximum absolute atomic E-state index is 8.73. The van der Waals surface area contributed by atoms with Gasteiger partial charge in [-0.3, -0.25) is 4.90 Å². The van der Waals surface area contributed by atoms with Crippen LogP contribution in [0.4, 0.5) is 0 Å². The Balaban J connectivity index is 3.61. The van der Waals surface area contributed by atoms with Crippen molar-refractivity contribution < 1.29 is 10.2 Å². The van der Waals surface area contributed by atoms with Crippen molar-refractivity contribution in [1.82, 2.24) is 4.90 Å². The highest BCUT2D eigenvalue weighted by molar-refractivity contribution is 4.60. The Morgan fingerprint density at radius 2 is 1.67 bits per heavy atom. The van der Waals surface area contributed by atoms with Gasteiger partial charge < -0.3 is 10.2 Å². The summed E-state index contributed by atoms with van der Waals surface area (Å²) in [5.74, 6) is 0.642. The van der Waals surface area contributed by atoms with Gasteiger partial charge in [0.15, 0.2) is 0 Å². The average molecular weight is 175 g/mol. The first kappa shape index (κ1) is 11.9. The number of aliphatic hydroxyl groups is 2. The fourth-order valence-corrected chi connectivity index (χ4v) is 1.15. The molecule has 2 N–H and O–H groups in total. The number of hydrogen-bond acceptors (Lipinski definition) is 3. The first-order valence-corrected chi connectivity index (χ1v) is 4.68. The number of hydrogen-bond donors (Lipinski definition) is 2. The normalized spacial score (nSPS) is 13.8. The molecule has 0 heterocycles. The topological polar surface area (TPSA) is 43.7 Å². The lowest BCUT2D eigenvalue weighted by Crippen LogP contribution is -2.33. The van der Waals surface area contributed by atoms with E-state index in [1.54, 1.807) is 0 Å². The molecule has 0 saturated carbocycles. The van der Waals surface area contributed by atoms with Crippen molar-refractivity contribution in [3.05, 3.63) is 0 Å². The average Bonchev–Trinajstić information content (AvgIpc) is 2.05. The molecule has 0 amide bonds. The molecule has 0 aromatic heterocycles. The maximum Gasteiger partial charge on any atom is 0.0558 e. The minimum Gasteiger partial charge on any atom is -0.395 e. The summed E-state index contributed by atoms with van der Waals surface area (Å²) >= 11 is 0. The third kappa shape index (κ3) is 5.52. The molecule has 0 aliphatic carbocycles. The van der Waals surface area contributed by atoms with E-state index in [-0.39, 0.29) is 13.2 Å². The molecule has 0 radical (unpaired) electrons. The molecule has 74 valence electrons. The van der Waals surface area contributed by atoms with E-state index in [2.05, 4.69) is 18.7 Å². The van der Waals surface area contributed by atoms with E-state index in [0.29, 0.717) is 19.0 Å². The first-order chi connectivity index (χ1) is 5.74. The highest BCUT2D eigenvalue weighted by Gasteiger charge is 2.06. The molecule has 1 atom stereocenters. The zero-order valence-electron chi connectivity index (χ0n) is 8.16. The lowest BCUT2D eigenvalue weighted by atomic mass is 10.1. The van der Waals surface area contributed by atoms with E-state index in [0.717, 1.165) is 13.0 Å². The minimum absolute atomic E-state index is 0.177. The molecule has 3 nitrogen and oxygen atoms in total. The molecule has 0 aromatic carbocycles. The van der Waals surface area contributed by atoms with Gasteiger partial charge in [-0.1, -0.05) is 20.3 Å². The summed E-state index contributed by atoms with van der Waals surface area (Å²) in [6, 6.07) is 0. The zero-order valence-corrected chi connectivity index (χ0v) is 8.16. The monoisotopic (exact) mass is 175 g/mol. The lowest BCUT2D eigenvalue weighted by molar-refractivity contribution is 0.146. The molecular weight excluding hydrogens is 154 g/mol. The Morgan fingerprint density at radius 1 is 1.17 bits per heavy atom. The Labute approximate surface area is 75.0 Å². The van der Waals surface area contributed by atoms with Crippen molar-refractivity contribution in [2.45, 2.75) is 20.3 Å². The van der Waals surface area contributed by atoms with Crippen molar-refractivity contribution in [2.75, 3.05) is 32.8 Å². The number of nitrogens with zero attached hydrogens (tertiary/aromatic N) is 1. The van der Waals surface area contributed by atoms with Gasteiger partial charge in [-0.25, -0.2) is 0 Å². The zero-order chi connectivity index (χ0) is 9.40. The Kier molecular flexibility index (Phi) is 7.45. The predicted molar refractivity (Wildman–Crippen MR) is 50.1 cm³/mol. The van der Waals surface area contributed by atoms with Crippen LogP contribution in [0.15, 0.2) is 0 Å². The fraction of sp³-hybridized carbons (Fsp3) is 1.00. The third-order valence-electron chi connectivity index (χ3n) is 2.10. The first-order valence-electron chi connectivity index (χ1n) is 4.68. The van der Waals surface area contributed by atoms with Gasteiger partial charge in [-0.15, -0.1) is 0 Å². The molecule has 0 aliphatic heterocycles. The summed E-state index contributed by atoms with van der Waals surface area (Å²) in [4.78, 5) is 2.09. The molecule has 0 bridgehead atoms. The van der Waals surface area contributed by atoms with Gasteiger partial charge in [-0.2, -0.15) is 0 Å². The van der Waals surface area contributed by atoms with E-state index in [9.17, 15) is 0 Å². The van der Waals surface area contributed by atoms with Gasteiger partial charge >= 0.3 is 0 Å². The molecule has 3 heteroatoms. The Morgan fingerprint density at radius 3 is 2.00 bits per heavy atom. The van der Waals surface area contributed by atoms with Gasteiger partial charge in [-0.05, 0) is 5.92 Å². The minimum atomic E-state index is 0.177. The van der Waals surface area contributed by atoms with Crippen molar-refractivity contribution in [2.24, 2.45) is 5.92 Å². The maximum atomic E-state index is 8.73. The van der Waals surface area contributed by atoms with Crippen LogP contribution < -0.4 is 0 Å². The van der Waals surface area contributed by atoms with E-state index in [4.69, 9.17) is 10.2 Å². The third-order valence-corrected chi connectivity index (χ3v) is 2.10. The lowest BCUT2D eigenvalue weighted by Gasteiger charge is -2.23. The van der Waals surface area contributed by atoms with Crippen LogP contribution >= 0.6 is 0 Å². The number of rotatable bonds is 7. The van der Waals surface area contributed by atoms with E-state index in [1.807, 2.05) is 0 Å². The van der Waals surface area contributed by atoms with Crippen LogP contribution in [0.5, 0.6) is 0 Å². The van der Waals surface area contributed by atoms with Crippen molar-refractivity contribution in [1.29, 1.82) is 0 Å². The standard InChI is InChI=1S/C9H21NO2/c1-3-9(2)8-10(4-6-11)5-7-12/h9,11-12H,3-8H2,1-2H3. The van der Waals surface area contributed by atoms with Gasteiger partial charge in [0.2, 0.25) is 0 Å². The summed E-state index contributed by atoms with van der Waals surface area (Å²) in [6.07, 6.45) is 1.15. The van der Waals surface area contributed by atoms with Crippen LogP contribution in [0.25, 0.3) is 0 Å². The van der Waals surface area contributed by atoms with E-state index < -0.39 is 0 Å². The summed E-state index contributed by atoms with van der Waals surface area (Å²) in [6.45, 7) is 7.00. The summed E-state index contributed by atoms with van der Waals surface area (Å²) in [5.41, 5.74) is 0. The second-order valence-corrected chi connectivity index (χ2v) is 3.26. The number of aliphatic hydroxyl groups excluding tert-OH is 2. The molecule has 0 fully saturated rings. The summed E-state index contributed by atoms with van der Waals surface area (Å²) in [7, 11) is 0. The van der Waals surface area contributed by atoms with Crippen molar-refractivity contribution in [3.8, 4) is 0 Å². The highest BCUT2D eigenvalue weighted by atomic mass is 16.3. The molecule has 0 saturated heterocycles. The molecule has 0 rings (SSSR count). The summed E-state index contributed by atoms with van der Waals surface area (Å²) < 4.78 is 0. The molecule has 0 spiro atoms. The summed E-state index contributed by atoms with van der Waals surface area (Å²) in [5, 5.41) is 17.5. The van der Waals surface area contributed by atoms with E-state index in [1.165, 1.54) is 0 Å². The second kappa shape index (κ2) is 7.53. The largest absolute Gasteiger partial charge is 0.395 e. The van der Waals surface area contributed by atoms with Crippen LogP contribution in [-0.4, -0.2) is 48.0 Å². The fourth-order valence-electron chi connectivity index (χ4n) is 1.15. The van der Waals surface area contributed by atoms with Crippen molar-refractivity contribution in [3.63, 3.8) is 0 Å². The predicted octanol–water partition coefficient (Wildman–Crippen LogP) is 0.319. The van der Waals surface area contributed by atoms with E-state index >= 15 is 0 Å². The Hall–Kier alpha value is -0.120. The second-order valence-electron chi connectivity index (χ2n) is 3.26. The van der Waals surface area contributed by atoms with Crippen LogP contribution in [0.2, 0.25) is 0 Å². The molecule has 1 unspecified atom stereocenters. The molecule has 12 heavy (non-hydrogen) atoms. The van der Waals surface area contributed by atoms with Crippen LogP contribution in [0.3, 0.4) is 0 Å². The van der Waals surface area contributed by atoms with Crippen LogP contribution in [0.1, 0.15) is 20.3 Å². The molecule has 0 aromatic rings. The Bertz CT molecular complexity index is 92.5. The van der Waals surface area contributed by atoms with Gasteiger partial charge in [0.05, 0.1) is 13.2 Å². The SMILES string of the molecule is CCC(C)CN(CCO)CCO. The molecule has 0 aliphatic rings. The van der Waals surface area contributed by atoms with Crippen LogP contribution in [-0.2, 0) is 0 Å². The van der Waals surface area contributed by atoms with Crippen LogP contribution in [0, 0.1) is 5.92 Å². The quantitative estimate of drug-likeness (QED) is 0.585. The highest BCUT2D eigenvalue weighted by Crippen LogP contribution is 2.03. The van der Waals surface area contributed by atoms with Gasteiger partial charge in [0.1, 0.15) is 0 Å². The van der Waals surface area contributed by atoms with Gasteiger partial charge in [0, 0.05) is 19.6 Å². The smallest absolute Gasteiger partial charge is 0.0558 e.